The van der Waals surface area contributed by atoms with Gasteiger partial charge in [0.2, 0.25) is 16.8 Å². The van der Waals surface area contributed by atoms with E-state index in [1.807, 2.05) is 6.92 Å². The number of aromatic nitrogens is 2. The van der Waals surface area contributed by atoms with Gasteiger partial charge >= 0.3 is 0 Å². The number of unbranched alkanes of at least 4 members (excludes halogenated alkanes) is 2. The smallest absolute Gasteiger partial charge is 0.226 e. The van der Waals surface area contributed by atoms with Crippen LogP contribution in [0.3, 0.4) is 0 Å². The second-order valence-corrected chi connectivity index (χ2v) is 11.4. The predicted molar refractivity (Wildman–Crippen MR) is 153 cm³/mol. The van der Waals surface area contributed by atoms with Crippen molar-refractivity contribution in [3.8, 4) is 0 Å². The Bertz CT molecular complexity index is 1480. The molecular formula is C34H40N2O+2. The van der Waals surface area contributed by atoms with Gasteiger partial charge in [-0.15, -0.1) is 0 Å². The molecule has 0 fully saturated rings. The summed E-state index contributed by atoms with van der Waals surface area (Å²) in [5.41, 5.74) is 0.387. The fourth-order valence-corrected chi connectivity index (χ4v) is 5.68. The molecule has 2 heterocycles. The SMILES string of the molecule is CC(C)CCCCCC1=CC(C)([n+]2ccc3ccccc3c2)C(C)(O)C([n+]2ccc3ccccc3c2)=C1. The Morgan fingerprint density at radius 2 is 1.38 bits per heavy atom. The highest BCUT2D eigenvalue weighted by molar-refractivity contribution is 5.81. The number of pyridine rings is 2. The van der Waals surface area contributed by atoms with E-state index in [1.165, 1.54) is 41.0 Å². The highest BCUT2D eigenvalue weighted by Crippen LogP contribution is 2.40. The van der Waals surface area contributed by atoms with Gasteiger partial charge in [0, 0.05) is 35.9 Å². The maximum atomic E-state index is 12.3. The van der Waals surface area contributed by atoms with E-state index >= 15 is 0 Å². The van der Waals surface area contributed by atoms with Gasteiger partial charge < -0.3 is 5.11 Å². The Kier molecular flexibility index (Phi) is 7.00. The normalized spacial score (nSPS) is 21.9. The first kappa shape index (κ1) is 25.4. The zero-order valence-corrected chi connectivity index (χ0v) is 22.7. The minimum absolute atomic E-state index is 0.660. The summed E-state index contributed by atoms with van der Waals surface area (Å²) in [7, 11) is 0. The molecule has 0 saturated heterocycles. The van der Waals surface area contributed by atoms with Gasteiger partial charge in [-0.1, -0.05) is 69.5 Å². The molecule has 3 nitrogen and oxygen atoms in total. The molecule has 4 aromatic rings. The molecule has 0 spiro atoms. The molecule has 0 bridgehead atoms. The fraction of sp³-hybridized carbons (Fsp3) is 0.353. The van der Waals surface area contributed by atoms with Crippen molar-refractivity contribution >= 4 is 27.2 Å². The highest BCUT2D eigenvalue weighted by atomic mass is 16.3. The van der Waals surface area contributed by atoms with Gasteiger partial charge in [-0.25, -0.2) is 0 Å². The number of aliphatic hydroxyl groups is 1. The van der Waals surface area contributed by atoms with Gasteiger partial charge in [0.05, 0.1) is 0 Å². The van der Waals surface area contributed by atoms with Crippen LogP contribution in [0.2, 0.25) is 0 Å². The van der Waals surface area contributed by atoms with E-state index in [4.69, 9.17) is 0 Å². The van der Waals surface area contributed by atoms with E-state index in [2.05, 4.69) is 128 Å². The van der Waals surface area contributed by atoms with Crippen LogP contribution in [0.4, 0.5) is 0 Å². The first-order chi connectivity index (χ1) is 17.8. The van der Waals surface area contributed by atoms with E-state index in [1.54, 1.807) is 0 Å². The molecule has 37 heavy (non-hydrogen) atoms. The molecule has 3 heteroatoms. The average Bonchev–Trinajstić information content (AvgIpc) is 2.89. The molecule has 2 atom stereocenters. The molecule has 0 aliphatic heterocycles. The molecule has 1 aliphatic carbocycles. The van der Waals surface area contributed by atoms with Gasteiger partial charge in [0.15, 0.2) is 24.8 Å². The molecule has 2 aromatic carbocycles. The van der Waals surface area contributed by atoms with Crippen LogP contribution in [0, 0.1) is 5.92 Å². The number of nitrogens with zero attached hydrogens (tertiary/aromatic N) is 2. The third-order valence-electron chi connectivity index (χ3n) is 8.21. The third-order valence-corrected chi connectivity index (χ3v) is 8.21. The number of rotatable bonds is 8. The second-order valence-electron chi connectivity index (χ2n) is 11.4. The van der Waals surface area contributed by atoms with E-state index in [0.29, 0.717) is 0 Å². The summed E-state index contributed by atoms with van der Waals surface area (Å²) in [6.45, 7) is 8.72. The number of fused-ring (bicyclic) bond motifs is 2. The van der Waals surface area contributed by atoms with Crippen LogP contribution in [-0.2, 0) is 5.54 Å². The van der Waals surface area contributed by atoms with Crippen LogP contribution in [0.25, 0.3) is 27.2 Å². The zero-order chi connectivity index (χ0) is 26.0. The zero-order valence-electron chi connectivity index (χ0n) is 22.7. The standard InChI is InChI=1S/C34H40N2O/c1-26(2)12-6-5-7-13-27-22-32(35-20-18-28-14-8-10-16-30(28)24-35)34(4,37)33(3,23-27)36-21-19-29-15-9-11-17-31(29)25-36/h8-11,14-26,37H,5-7,12-13H2,1-4H3/q+2. The Hall–Kier alpha value is -3.30. The highest BCUT2D eigenvalue weighted by Gasteiger charge is 2.58. The van der Waals surface area contributed by atoms with Gasteiger partial charge in [0.25, 0.3) is 0 Å². The van der Waals surface area contributed by atoms with Crippen molar-refractivity contribution in [1.29, 1.82) is 0 Å². The largest absolute Gasteiger partial charge is 0.373 e. The first-order valence-electron chi connectivity index (χ1n) is 13.8. The van der Waals surface area contributed by atoms with E-state index in [-0.39, 0.29) is 0 Å². The van der Waals surface area contributed by atoms with Crippen molar-refractivity contribution in [2.24, 2.45) is 5.92 Å². The quantitative estimate of drug-likeness (QED) is 0.206. The molecule has 2 aromatic heterocycles. The molecule has 5 rings (SSSR count). The lowest BCUT2D eigenvalue weighted by Crippen LogP contribution is -2.69. The number of benzene rings is 2. The molecule has 2 unspecified atom stereocenters. The molecule has 1 N–H and O–H groups in total. The van der Waals surface area contributed by atoms with Gasteiger partial charge in [-0.3, -0.25) is 0 Å². The number of allylic oxidation sites excluding steroid dienone is 2. The summed E-state index contributed by atoms with van der Waals surface area (Å²) in [6.07, 6.45) is 19.0. The van der Waals surface area contributed by atoms with Crippen LogP contribution in [0.15, 0.2) is 103 Å². The summed E-state index contributed by atoms with van der Waals surface area (Å²) in [6, 6.07) is 21.1. The fourth-order valence-electron chi connectivity index (χ4n) is 5.68. The van der Waals surface area contributed by atoms with E-state index in [9.17, 15) is 5.11 Å². The van der Waals surface area contributed by atoms with Crippen molar-refractivity contribution in [1.82, 2.24) is 0 Å². The van der Waals surface area contributed by atoms with Crippen molar-refractivity contribution < 1.29 is 14.2 Å². The molecular weight excluding hydrogens is 452 g/mol. The van der Waals surface area contributed by atoms with E-state index < -0.39 is 11.1 Å². The van der Waals surface area contributed by atoms with Crippen molar-refractivity contribution in [3.63, 3.8) is 0 Å². The van der Waals surface area contributed by atoms with Crippen molar-refractivity contribution in [2.75, 3.05) is 0 Å². The molecule has 1 aliphatic rings. The summed E-state index contributed by atoms with van der Waals surface area (Å²) in [5.74, 6) is 0.757. The van der Waals surface area contributed by atoms with Crippen molar-refractivity contribution in [2.45, 2.75) is 70.9 Å². The lowest BCUT2D eigenvalue weighted by molar-refractivity contribution is -0.765. The minimum Gasteiger partial charge on any atom is -0.373 e. The Morgan fingerprint density at radius 3 is 2.05 bits per heavy atom. The van der Waals surface area contributed by atoms with Gasteiger partial charge in [0.1, 0.15) is 0 Å². The monoisotopic (exact) mass is 492 g/mol. The number of hydrogen-bond donors (Lipinski definition) is 1. The second kappa shape index (κ2) is 10.2. The van der Waals surface area contributed by atoms with E-state index in [0.717, 1.165) is 29.8 Å². The molecule has 0 amide bonds. The maximum absolute atomic E-state index is 12.3. The maximum Gasteiger partial charge on any atom is 0.226 e. The van der Waals surface area contributed by atoms with Crippen LogP contribution in [-0.4, -0.2) is 10.7 Å². The first-order valence-corrected chi connectivity index (χ1v) is 13.8. The van der Waals surface area contributed by atoms with Gasteiger partial charge in [-0.2, -0.15) is 9.13 Å². The molecule has 0 radical (unpaired) electrons. The summed E-state index contributed by atoms with van der Waals surface area (Å²) < 4.78 is 4.32. The summed E-state index contributed by atoms with van der Waals surface area (Å²) >= 11 is 0. The van der Waals surface area contributed by atoms with Crippen LogP contribution < -0.4 is 9.13 Å². The van der Waals surface area contributed by atoms with Gasteiger partial charge in [-0.05, 0) is 60.2 Å². The number of hydrogen-bond acceptors (Lipinski definition) is 1. The van der Waals surface area contributed by atoms with Crippen LogP contribution >= 0.6 is 0 Å². The molecule has 0 saturated carbocycles. The Labute approximate surface area is 221 Å². The third kappa shape index (κ3) is 4.98. The molecule has 190 valence electrons. The average molecular weight is 493 g/mol. The summed E-state index contributed by atoms with van der Waals surface area (Å²) in [5, 5.41) is 17.1. The predicted octanol–water partition coefficient (Wildman–Crippen LogP) is 7.12. The lowest BCUT2D eigenvalue weighted by atomic mass is 9.73. The van der Waals surface area contributed by atoms with Crippen LogP contribution in [0.5, 0.6) is 0 Å². The topological polar surface area (TPSA) is 28.0 Å². The lowest BCUT2D eigenvalue weighted by Gasteiger charge is -2.37. The minimum atomic E-state index is -1.14. The Morgan fingerprint density at radius 1 is 0.757 bits per heavy atom. The summed E-state index contributed by atoms with van der Waals surface area (Å²) in [4.78, 5) is 0. The van der Waals surface area contributed by atoms with Crippen LogP contribution in [0.1, 0.15) is 59.8 Å². The Balaban J connectivity index is 1.57. The van der Waals surface area contributed by atoms with Crippen molar-refractivity contribution in [3.05, 3.63) is 103 Å².